The second kappa shape index (κ2) is 5.48. The molecule has 3 nitrogen and oxygen atoms in total. The summed E-state index contributed by atoms with van der Waals surface area (Å²) >= 11 is 0. The number of hydrogen-bond acceptors (Lipinski definition) is 3. The molecule has 1 aliphatic carbocycles. The van der Waals surface area contributed by atoms with Crippen LogP contribution >= 0.6 is 0 Å². The van der Waals surface area contributed by atoms with E-state index in [0.717, 1.165) is 19.0 Å². The average Bonchev–Trinajstić information content (AvgIpc) is 3.14. The van der Waals surface area contributed by atoms with Crippen LogP contribution < -0.4 is 5.73 Å². The zero-order chi connectivity index (χ0) is 11.5. The van der Waals surface area contributed by atoms with Crippen molar-refractivity contribution < 1.29 is 5.11 Å². The van der Waals surface area contributed by atoms with E-state index >= 15 is 0 Å². The Kier molecular flexibility index (Phi) is 4.22. The van der Waals surface area contributed by atoms with Crippen molar-refractivity contribution in [3.63, 3.8) is 0 Å². The monoisotopic (exact) mass is 226 g/mol. The van der Waals surface area contributed by atoms with Gasteiger partial charge in [0.05, 0.1) is 6.61 Å². The molecule has 0 aromatic rings. The summed E-state index contributed by atoms with van der Waals surface area (Å²) in [6.45, 7) is 4.77. The minimum Gasteiger partial charge on any atom is -0.395 e. The molecule has 1 saturated carbocycles. The molecular formula is C13H26N2O. The zero-order valence-corrected chi connectivity index (χ0v) is 10.4. The molecule has 1 heterocycles. The lowest BCUT2D eigenvalue weighted by Crippen LogP contribution is -2.54. The zero-order valence-electron chi connectivity index (χ0n) is 10.4. The van der Waals surface area contributed by atoms with E-state index in [1.807, 2.05) is 0 Å². The Labute approximate surface area is 99.0 Å². The summed E-state index contributed by atoms with van der Waals surface area (Å²) in [5.41, 5.74) is 6.25. The fourth-order valence-electron chi connectivity index (χ4n) is 3.01. The van der Waals surface area contributed by atoms with Crippen LogP contribution in [0.15, 0.2) is 0 Å². The first-order valence-corrected chi connectivity index (χ1v) is 6.86. The Morgan fingerprint density at radius 1 is 1.38 bits per heavy atom. The van der Waals surface area contributed by atoms with Crippen LogP contribution in [0, 0.1) is 11.8 Å². The highest BCUT2D eigenvalue weighted by molar-refractivity contribution is 4.94. The van der Waals surface area contributed by atoms with Crippen molar-refractivity contribution in [2.24, 2.45) is 17.6 Å². The highest BCUT2D eigenvalue weighted by Crippen LogP contribution is 2.34. The van der Waals surface area contributed by atoms with E-state index in [1.165, 1.54) is 32.1 Å². The summed E-state index contributed by atoms with van der Waals surface area (Å²) in [5.74, 6) is 1.49. The van der Waals surface area contributed by atoms with E-state index in [9.17, 15) is 5.11 Å². The summed E-state index contributed by atoms with van der Waals surface area (Å²) in [6.07, 6.45) is 6.41. The molecular weight excluding hydrogens is 200 g/mol. The molecule has 3 atom stereocenters. The van der Waals surface area contributed by atoms with Gasteiger partial charge in [-0.05, 0) is 44.1 Å². The predicted octanol–water partition coefficient (Wildman–Crippen LogP) is 1.21. The molecule has 2 rings (SSSR count). The van der Waals surface area contributed by atoms with E-state index in [-0.39, 0.29) is 18.7 Å². The molecule has 1 saturated heterocycles. The molecule has 1 aliphatic heterocycles. The minimum atomic E-state index is 0.195. The van der Waals surface area contributed by atoms with Crippen molar-refractivity contribution in [2.45, 2.75) is 51.1 Å². The molecule has 0 radical (unpaired) electrons. The van der Waals surface area contributed by atoms with Crippen molar-refractivity contribution >= 4 is 0 Å². The Hall–Kier alpha value is -0.120. The van der Waals surface area contributed by atoms with Gasteiger partial charge >= 0.3 is 0 Å². The topological polar surface area (TPSA) is 49.5 Å². The SMILES string of the molecule is CCC1CCCN(C(CO)C(N)C2CC2)C1. The lowest BCUT2D eigenvalue weighted by atomic mass is 9.92. The maximum atomic E-state index is 9.56. The summed E-state index contributed by atoms with van der Waals surface area (Å²) in [6, 6.07) is 0.405. The first-order chi connectivity index (χ1) is 7.76. The lowest BCUT2D eigenvalue weighted by Gasteiger charge is -2.40. The summed E-state index contributed by atoms with van der Waals surface area (Å²) < 4.78 is 0. The van der Waals surface area contributed by atoms with Crippen LogP contribution in [0.25, 0.3) is 0 Å². The normalized spacial score (nSPS) is 31.3. The number of nitrogens with two attached hydrogens (primary N) is 1. The van der Waals surface area contributed by atoms with Crippen LogP contribution in [0.1, 0.15) is 39.0 Å². The third-order valence-corrected chi connectivity index (χ3v) is 4.39. The number of aliphatic hydroxyl groups excluding tert-OH is 1. The van der Waals surface area contributed by atoms with Crippen molar-refractivity contribution in [3.05, 3.63) is 0 Å². The van der Waals surface area contributed by atoms with Gasteiger partial charge in [-0.1, -0.05) is 13.3 Å². The van der Waals surface area contributed by atoms with E-state index in [4.69, 9.17) is 5.73 Å². The van der Waals surface area contributed by atoms with Crippen LogP contribution in [-0.4, -0.2) is 41.8 Å². The maximum absolute atomic E-state index is 9.56. The second-order valence-corrected chi connectivity index (χ2v) is 5.58. The number of aliphatic hydroxyl groups is 1. The molecule has 2 fully saturated rings. The Balaban J connectivity index is 1.91. The van der Waals surface area contributed by atoms with Gasteiger partial charge in [-0.2, -0.15) is 0 Å². The van der Waals surface area contributed by atoms with Gasteiger partial charge in [0.2, 0.25) is 0 Å². The number of rotatable bonds is 5. The molecule has 0 aromatic heterocycles. The summed E-state index contributed by atoms with van der Waals surface area (Å²) in [5, 5.41) is 9.56. The van der Waals surface area contributed by atoms with Crippen molar-refractivity contribution in [3.8, 4) is 0 Å². The van der Waals surface area contributed by atoms with Gasteiger partial charge in [0, 0.05) is 18.6 Å². The molecule has 0 amide bonds. The molecule has 94 valence electrons. The van der Waals surface area contributed by atoms with Gasteiger partial charge in [-0.15, -0.1) is 0 Å². The first kappa shape index (κ1) is 12.3. The smallest absolute Gasteiger partial charge is 0.0602 e. The summed E-state index contributed by atoms with van der Waals surface area (Å²) in [4.78, 5) is 2.45. The maximum Gasteiger partial charge on any atom is 0.0602 e. The molecule has 0 aromatic carbocycles. The lowest BCUT2D eigenvalue weighted by molar-refractivity contribution is 0.0601. The predicted molar refractivity (Wildman–Crippen MR) is 66.2 cm³/mol. The van der Waals surface area contributed by atoms with Gasteiger partial charge in [-0.3, -0.25) is 4.90 Å². The van der Waals surface area contributed by atoms with Gasteiger partial charge in [0.1, 0.15) is 0 Å². The van der Waals surface area contributed by atoms with E-state index in [2.05, 4.69) is 11.8 Å². The van der Waals surface area contributed by atoms with Crippen LogP contribution in [-0.2, 0) is 0 Å². The Morgan fingerprint density at radius 2 is 2.12 bits per heavy atom. The van der Waals surface area contributed by atoms with E-state index in [1.54, 1.807) is 0 Å². The Bertz CT molecular complexity index is 218. The fourth-order valence-corrected chi connectivity index (χ4v) is 3.01. The average molecular weight is 226 g/mol. The van der Waals surface area contributed by atoms with Gasteiger partial charge in [0.25, 0.3) is 0 Å². The molecule has 16 heavy (non-hydrogen) atoms. The molecule has 3 N–H and O–H groups in total. The third-order valence-electron chi connectivity index (χ3n) is 4.39. The highest BCUT2D eigenvalue weighted by atomic mass is 16.3. The van der Waals surface area contributed by atoms with Crippen LogP contribution in [0.2, 0.25) is 0 Å². The van der Waals surface area contributed by atoms with Crippen molar-refractivity contribution in [1.29, 1.82) is 0 Å². The molecule has 2 aliphatic rings. The minimum absolute atomic E-state index is 0.195. The van der Waals surface area contributed by atoms with E-state index in [0.29, 0.717) is 5.92 Å². The number of hydrogen-bond donors (Lipinski definition) is 2. The van der Waals surface area contributed by atoms with Crippen LogP contribution in [0.3, 0.4) is 0 Å². The van der Waals surface area contributed by atoms with Crippen molar-refractivity contribution in [1.82, 2.24) is 4.90 Å². The standard InChI is InChI=1S/C13H26N2O/c1-2-10-4-3-7-15(8-10)12(9-16)13(14)11-5-6-11/h10-13,16H,2-9,14H2,1H3. The number of piperidine rings is 1. The first-order valence-electron chi connectivity index (χ1n) is 6.86. The van der Waals surface area contributed by atoms with Gasteiger partial charge in [-0.25, -0.2) is 0 Å². The third kappa shape index (κ3) is 2.76. The van der Waals surface area contributed by atoms with Crippen LogP contribution in [0.4, 0.5) is 0 Å². The number of likely N-dealkylation sites (tertiary alicyclic amines) is 1. The number of nitrogens with zero attached hydrogens (tertiary/aromatic N) is 1. The van der Waals surface area contributed by atoms with Crippen molar-refractivity contribution in [2.75, 3.05) is 19.7 Å². The van der Waals surface area contributed by atoms with Gasteiger partial charge in [0.15, 0.2) is 0 Å². The quantitative estimate of drug-likeness (QED) is 0.741. The largest absolute Gasteiger partial charge is 0.395 e. The molecule has 3 heteroatoms. The van der Waals surface area contributed by atoms with Crippen LogP contribution in [0.5, 0.6) is 0 Å². The molecule has 3 unspecified atom stereocenters. The van der Waals surface area contributed by atoms with E-state index < -0.39 is 0 Å². The fraction of sp³-hybridized carbons (Fsp3) is 1.00. The highest BCUT2D eigenvalue weighted by Gasteiger charge is 2.37. The molecule has 0 bridgehead atoms. The Morgan fingerprint density at radius 3 is 2.69 bits per heavy atom. The van der Waals surface area contributed by atoms with Gasteiger partial charge < -0.3 is 10.8 Å². The summed E-state index contributed by atoms with van der Waals surface area (Å²) in [7, 11) is 0. The second-order valence-electron chi connectivity index (χ2n) is 5.58. The molecule has 0 spiro atoms.